The molecule has 0 saturated carbocycles. The van der Waals surface area contributed by atoms with Gasteiger partial charge in [0, 0.05) is 34.1 Å². The van der Waals surface area contributed by atoms with Gasteiger partial charge in [0.05, 0.1) is 5.52 Å². The predicted molar refractivity (Wildman–Crippen MR) is 71.1 cm³/mol. The molecule has 80 valence electrons. The molecular weight excluding hydrogens is 208 g/mol. The Morgan fingerprint density at radius 2 is 1.76 bits per heavy atom. The zero-order chi connectivity index (χ0) is 11.2. The molecule has 0 aliphatic rings. The highest BCUT2D eigenvalue weighted by Gasteiger charge is 2.05. The highest BCUT2D eigenvalue weighted by molar-refractivity contribution is 6.18. The smallest absolute Gasteiger partial charge is 0.0787 e. The molecule has 0 aliphatic carbocycles. The van der Waals surface area contributed by atoms with E-state index < -0.39 is 0 Å². The molecule has 0 atom stereocenters. The van der Waals surface area contributed by atoms with Gasteiger partial charge in [-0.15, -0.1) is 0 Å². The molecule has 0 unspecified atom stereocenters. The second-order valence-corrected chi connectivity index (χ2v) is 4.24. The van der Waals surface area contributed by atoms with Crippen molar-refractivity contribution in [3.05, 3.63) is 54.9 Å². The number of nitrogens with one attached hydrogen (secondary N) is 1. The van der Waals surface area contributed by atoms with Gasteiger partial charge in [0.2, 0.25) is 0 Å². The Hall–Kier alpha value is -2.35. The summed E-state index contributed by atoms with van der Waals surface area (Å²) < 4.78 is 0. The fourth-order valence-corrected chi connectivity index (χ4v) is 2.49. The van der Waals surface area contributed by atoms with Gasteiger partial charge in [0.15, 0.2) is 0 Å². The molecule has 0 spiro atoms. The van der Waals surface area contributed by atoms with Gasteiger partial charge < -0.3 is 4.98 Å². The summed E-state index contributed by atoms with van der Waals surface area (Å²) in [6.45, 7) is 0. The van der Waals surface area contributed by atoms with E-state index in [1.54, 1.807) is 0 Å². The highest BCUT2D eigenvalue weighted by atomic mass is 14.7. The van der Waals surface area contributed by atoms with Crippen molar-refractivity contribution in [3.63, 3.8) is 0 Å². The molecule has 1 N–H and O–H groups in total. The van der Waals surface area contributed by atoms with Gasteiger partial charge in [-0.05, 0) is 23.6 Å². The third-order valence-corrected chi connectivity index (χ3v) is 3.29. The number of fused-ring (bicyclic) bond motifs is 5. The summed E-state index contributed by atoms with van der Waals surface area (Å²) in [7, 11) is 0. The Morgan fingerprint density at radius 1 is 0.882 bits per heavy atom. The predicted octanol–water partition coefficient (Wildman–Crippen LogP) is 3.87. The first-order chi connectivity index (χ1) is 8.43. The summed E-state index contributed by atoms with van der Waals surface area (Å²) in [5, 5.41) is 4.91. The van der Waals surface area contributed by atoms with Crippen LogP contribution in [0.15, 0.2) is 54.9 Å². The molecule has 0 aliphatic heterocycles. The van der Waals surface area contributed by atoms with Crippen molar-refractivity contribution >= 4 is 32.6 Å². The van der Waals surface area contributed by atoms with Crippen LogP contribution in [0.5, 0.6) is 0 Å². The van der Waals surface area contributed by atoms with E-state index in [9.17, 15) is 0 Å². The molecule has 0 saturated heterocycles. The van der Waals surface area contributed by atoms with Crippen LogP contribution in [0.4, 0.5) is 0 Å². The Bertz CT molecular complexity index is 843. The van der Waals surface area contributed by atoms with Gasteiger partial charge in [0.25, 0.3) is 0 Å². The first-order valence-corrected chi connectivity index (χ1v) is 5.67. The van der Waals surface area contributed by atoms with Crippen molar-refractivity contribution in [2.24, 2.45) is 0 Å². The van der Waals surface area contributed by atoms with E-state index in [2.05, 4.69) is 46.4 Å². The topological polar surface area (TPSA) is 28.7 Å². The number of aromatic nitrogens is 2. The van der Waals surface area contributed by atoms with Crippen molar-refractivity contribution < 1.29 is 0 Å². The summed E-state index contributed by atoms with van der Waals surface area (Å²) >= 11 is 0. The van der Waals surface area contributed by atoms with Crippen LogP contribution in [0, 0.1) is 0 Å². The quantitative estimate of drug-likeness (QED) is 0.446. The summed E-state index contributed by atoms with van der Waals surface area (Å²) in [6.07, 6.45) is 3.82. The second kappa shape index (κ2) is 3.08. The van der Waals surface area contributed by atoms with Crippen LogP contribution < -0.4 is 0 Å². The van der Waals surface area contributed by atoms with E-state index in [-0.39, 0.29) is 0 Å². The minimum atomic E-state index is 1.09. The van der Waals surface area contributed by atoms with E-state index >= 15 is 0 Å². The molecule has 0 amide bonds. The normalized spacial score (nSPS) is 11.5. The van der Waals surface area contributed by atoms with Gasteiger partial charge in [-0.3, -0.25) is 4.98 Å². The molecule has 0 bridgehead atoms. The van der Waals surface area contributed by atoms with Gasteiger partial charge in [0.1, 0.15) is 0 Å². The monoisotopic (exact) mass is 218 g/mol. The zero-order valence-electron chi connectivity index (χ0n) is 9.14. The lowest BCUT2D eigenvalue weighted by Crippen LogP contribution is -1.81. The van der Waals surface area contributed by atoms with E-state index in [0.29, 0.717) is 0 Å². The van der Waals surface area contributed by atoms with Gasteiger partial charge in [-0.2, -0.15) is 0 Å². The van der Waals surface area contributed by atoms with Crippen LogP contribution in [0.3, 0.4) is 0 Å². The maximum absolute atomic E-state index is 4.48. The van der Waals surface area contributed by atoms with Crippen molar-refractivity contribution in [1.29, 1.82) is 0 Å². The molecule has 17 heavy (non-hydrogen) atoms. The molecule has 2 aromatic carbocycles. The highest BCUT2D eigenvalue weighted by Crippen LogP contribution is 2.30. The number of hydrogen-bond acceptors (Lipinski definition) is 1. The average Bonchev–Trinajstić information content (AvgIpc) is 2.86. The van der Waals surface area contributed by atoms with Crippen LogP contribution in [0.1, 0.15) is 0 Å². The molecular formula is C15H10N2. The SMILES string of the molecule is c1c[nH]c2ccc3ccc4ccnc4c3c2c1. The molecule has 2 aromatic heterocycles. The number of benzene rings is 2. The Morgan fingerprint density at radius 3 is 2.76 bits per heavy atom. The molecule has 4 rings (SSSR count). The summed E-state index contributed by atoms with van der Waals surface area (Å²) in [5.74, 6) is 0. The van der Waals surface area contributed by atoms with Crippen molar-refractivity contribution in [1.82, 2.24) is 9.97 Å². The first-order valence-electron chi connectivity index (χ1n) is 5.67. The number of pyridine rings is 1. The third-order valence-electron chi connectivity index (χ3n) is 3.29. The first kappa shape index (κ1) is 8.76. The average molecular weight is 218 g/mol. The molecule has 2 heterocycles. The lowest BCUT2D eigenvalue weighted by Gasteiger charge is -2.04. The lowest BCUT2D eigenvalue weighted by molar-refractivity contribution is 1.42. The van der Waals surface area contributed by atoms with E-state index in [1.807, 2.05) is 18.5 Å². The van der Waals surface area contributed by atoms with E-state index in [0.717, 1.165) is 11.0 Å². The van der Waals surface area contributed by atoms with Gasteiger partial charge >= 0.3 is 0 Å². The summed E-state index contributed by atoms with van der Waals surface area (Å²) in [5.41, 5.74) is 2.24. The fourth-order valence-electron chi connectivity index (χ4n) is 2.49. The summed E-state index contributed by atoms with van der Waals surface area (Å²) in [6, 6.07) is 14.8. The Balaban J connectivity index is 2.41. The molecule has 4 aromatic rings. The minimum Gasteiger partial charge on any atom is -0.361 e. The van der Waals surface area contributed by atoms with Crippen molar-refractivity contribution in [2.75, 3.05) is 0 Å². The van der Waals surface area contributed by atoms with Gasteiger partial charge in [-0.1, -0.05) is 24.3 Å². The van der Waals surface area contributed by atoms with Crippen molar-refractivity contribution in [2.45, 2.75) is 0 Å². The summed E-state index contributed by atoms with van der Waals surface area (Å²) in [4.78, 5) is 7.76. The van der Waals surface area contributed by atoms with Crippen LogP contribution in [-0.2, 0) is 0 Å². The van der Waals surface area contributed by atoms with Crippen LogP contribution in [0.25, 0.3) is 32.6 Å². The molecule has 0 fully saturated rings. The van der Waals surface area contributed by atoms with Crippen LogP contribution >= 0.6 is 0 Å². The molecule has 2 heteroatoms. The standard InChI is InChI=1S/C15H10N2/c1-2-12-13(16-8-1)6-5-10-3-4-11-7-9-17-15(11)14(10)12/h1-9,16H. The van der Waals surface area contributed by atoms with E-state index in [4.69, 9.17) is 0 Å². The number of rotatable bonds is 0. The second-order valence-electron chi connectivity index (χ2n) is 4.24. The van der Waals surface area contributed by atoms with Crippen LogP contribution in [0.2, 0.25) is 0 Å². The maximum Gasteiger partial charge on any atom is 0.0787 e. The fraction of sp³-hybridized carbons (Fsp3) is 0. The largest absolute Gasteiger partial charge is 0.361 e. The molecule has 2 nitrogen and oxygen atoms in total. The lowest BCUT2D eigenvalue weighted by atomic mass is 10.0. The minimum absolute atomic E-state index is 1.09. The number of nitrogens with zero attached hydrogens (tertiary/aromatic N) is 1. The number of aromatic amines is 1. The van der Waals surface area contributed by atoms with Crippen molar-refractivity contribution in [3.8, 4) is 0 Å². The zero-order valence-corrected chi connectivity index (χ0v) is 9.14. The third kappa shape index (κ3) is 1.12. The number of hydrogen-bond donors (Lipinski definition) is 1. The number of H-pyrrole nitrogens is 1. The van der Waals surface area contributed by atoms with E-state index in [1.165, 1.54) is 21.5 Å². The van der Waals surface area contributed by atoms with Crippen LogP contribution in [-0.4, -0.2) is 9.97 Å². The molecule has 0 radical (unpaired) electrons. The Kier molecular flexibility index (Phi) is 1.59. The Labute approximate surface area is 97.9 Å². The van der Waals surface area contributed by atoms with Gasteiger partial charge in [-0.25, -0.2) is 0 Å². The maximum atomic E-state index is 4.48.